The Kier molecular flexibility index (Phi) is 2.78. The van der Waals surface area contributed by atoms with E-state index >= 15 is 0 Å². The monoisotopic (exact) mass is 222 g/mol. The first-order chi connectivity index (χ1) is 7.92. The van der Waals surface area contributed by atoms with Crippen LogP contribution in [0, 0.1) is 5.92 Å². The number of aromatic nitrogens is 3. The summed E-state index contributed by atoms with van der Waals surface area (Å²) >= 11 is 0. The van der Waals surface area contributed by atoms with E-state index in [2.05, 4.69) is 20.5 Å². The second-order valence-electron chi connectivity index (χ2n) is 4.70. The predicted octanol–water partition coefficient (Wildman–Crippen LogP) is 1.87. The maximum Gasteiger partial charge on any atom is 0.242 e. The summed E-state index contributed by atoms with van der Waals surface area (Å²) in [7, 11) is 0. The average Bonchev–Trinajstić information content (AvgIpc) is 2.83. The predicted molar refractivity (Wildman–Crippen MR) is 60.1 cm³/mol. The molecule has 2 heterocycles. The van der Waals surface area contributed by atoms with Crippen LogP contribution in [0.5, 0.6) is 0 Å². The molecule has 2 fully saturated rings. The van der Waals surface area contributed by atoms with Crippen LogP contribution in [0.25, 0.3) is 0 Å². The molecule has 2 aliphatic rings. The number of nitrogens with one attached hydrogen (secondary N) is 2. The third-order valence-corrected chi connectivity index (χ3v) is 3.27. The van der Waals surface area contributed by atoms with Crippen LogP contribution in [0.1, 0.15) is 44.0 Å². The highest BCUT2D eigenvalue weighted by molar-refractivity contribution is 5.23. The Morgan fingerprint density at radius 3 is 3.06 bits per heavy atom. The zero-order valence-corrected chi connectivity index (χ0v) is 9.41. The van der Waals surface area contributed by atoms with Crippen molar-refractivity contribution in [3.63, 3.8) is 0 Å². The molecular formula is C11H18N4O. The van der Waals surface area contributed by atoms with Gasteiger partial charge in [0.05, 0.1) is 0 Å². The second-order valence-corrected chi connectivity index (χ2v) is 4.70. The summed E-state index contributed by atoms with van der Waals surface area (Å²) in [5.41, 5.74) is 0. The van der Waals surface area contributed by atoms with Gasteiger partial charge in [0, 0.05) is 13.2 Å². The molecule has 88 valence electrons. The Bertz CT molecular complexity index is 342. The van der Waals surface area contributed by atoms with E-state index in [4.69, 9.17) is 4.74 Å². The highest BCUT2D eigenvalue weighted by Crippen LogP contribution is 2.32. The second kappa shape index (κ2) is 4.41. The maximum absolute atomic E-state index is 5.54. The van der Waals surface area contributed by atoms with Gasteiger partial charge in [-0.3, -0.25) is 5.10 Å². The minimum atomic E-state index is 0.131. The van der Waals surface area contributed by atoms with Gasteiger partial charge in [0.1, 0.15) is 6.10 Å². The van der Waals surface area contributed by atoms with Crippen molar-refractivity contribution < 1.29 is 4.74 Å². The number of aromatic amines is 1. The lowest BCUT2D eigenvalue weighted by molar-refractivity contribution is 0.105. The summed E-state index contributed by atoms with van der Waals surface area (Å²) < 4.78 is 5.54. The van der Waals surface area contributed by atoms with Crippen LogP contribution in [0.4, 0.5) is 5.95 Å². The van der Waals surface area contributed by atoms with Crippen LogP contribution < -0.4 is 5.32 Å². The first-order valence-electron chi connectivity index (χ1n) is 6.19. The van der Waals surface area contributed by atoms with Gasteiger partial charge < -0.3 is 10.1 Å². The lowest BCUT2D eigenvalue weighted by Gasteiger charge is -2.03. The highest BCUT2D eigenvalue weighted by Gasteiger charge is 2.22. The van der Waals surface area contributed by atoms with Crippen LogP contribution in [-0.4, -0.2) is 28.3 Å². The van der Waals surface area contributed by atoms with Gasteiger partial charge in [0.25, 0.3) is 0 Å². The molecule has 2 N–H and O–H groups in total. The summed E-state index contributed by atoms with van der Waals surface area (Å²) in [5, 5.41) is 10.4. The molecule has 1 aliphatic carbocycles. The quantitative estimate of drug-likeness (QED) is 0.798. The molecule has 0 bridgehead atoms. The van der Waals surface area contributed by atoms with E-state index in [1.54, 1.807) is 0 Å². The normalized spacial score (nSPS) is 24.9. The van der Waals surface area contributed by atoms with Gasteiger partial charge in [-0.1, -0.05) is 12.8 Å². The summed E-state index contributed by atoms with van der Waals surface area (Å²) in [6.07, 6.45) is 6.34. The van der Waals surface area contributed by atoms with E-state index in [0.29, 0.717) is 5.95 Å². The fraction of sp³-hybridized carbons (Fsp3) is 0.818. The van der Waals surface area contributed by atoms with Crippen molar-refractivity contribution in [1.82, 2.24) is 15.2 Å². The first kappa shape index (κ1) is 10.1. The van der Waals surface area contributed by atoms with Crippen molar-refractivity contribution in [3.05, 3.63) is 5.82 Å². The molecule has 1 saturated heterocycles. The molecule has 5 heteroatoms. The molecule has 1 atom stereocenters. The van der Waals surface area contributed by atoms with Crippen molar-refractivity contribution in [3.8, 4) is 0 Å². The number of hydrogen-bond acceptors (Lipinski definition) is 4. The van der Waals surface area contributed by atoms with Gasteiger partial charge in [-0.2, -0.15) is 4.98 Å². The van der Waals surface area contributed by atoms with Gasteiger partial charge in [-0.05, 0) is 25.2 Å². The fourth-order valence-electron chi connectivity index (χ4n) is 2.09. The third-order valence-electron chi connectivity index (χ3n) is 3.27. The first-order valence-corrected chi connectivity index (χ1v) is 6.19. The fourth-order valence-corrected chi connectivity index (χ4v) is 2.09. The summed E-state index contributed by atoms with van der Waals surface area (Å²) in [6, 6.07) is 0. The molecule has 3 rings (SSSR count). The minimum absolute atomic E-state index is 0.131. The molecule has 1 saturated carbocycles. The topological polar surface area (TPSA) is 62.8 Å². The van der Waals surface area contributed by atoms with Crippen LogP contribution in [0.2, 0.25) is 0 Å². The number of anilines is 1. The Balaban J connectivity index is 1.50. The summed E-state index contributed by atoms with van der Waals surface area (Å²) in [4.78, 5) is 4.41. The van der Waals surface area contributed by atoms with Gasteiger partial charge in [-0.25, -0.2) is 0 Å². The number of H-pyrrole nitrogens is 1. The number of hydrogen-bond donors (Lipinski definition) is 2. The molecule has 0 radical (unpaired) electrons. The van der Waals surface area contributed by atoms with Gasteiger partial charge in [0.2, 0.25) is 5.95 Å². The largest absolute Gasteiger partial charge is 0.370 e. The van der Waals surface area contributed by atoms with Crippen molar-refractivity contribution >= 4 is 5.95 Å². The zero-order valence-electron chi connectivity index (χ0n) is 9.41. The van der Waals surface area contributed by atoms with Gasteiger partial charge in [0.15, 0.2) is 5.82 Å². The molecule has 0 amide bonds. The van der Waals surface area contributed by atoms with E-state index in [1.165, 1.54) is 19.3 Å². The number of nitrogens with zero attached hydrogens (tertiary/aromatic N) is 2. The lowest BCUT2D eigenvalue weighted by Crippen LogP contribution is -2.04. The molecule has 0 spiro atoms. The van der Waals surface area contributed by atoms with E-state index < -0.39 is 0 Å². The van der Waals surface area contributed by atoms with E-state index in [0.717, 1.165) is 37.7 Å². The van der Waals surface area contributed by atoms with Crippen molar-refractivity contribution in [2.45, 2.75) is 38.2 Å². The highest BCUT2D eigenvalue weighted by atomic mass is 16.5. The Labute approximate surface area is 95.0 Å². The van der Waals surface area contributed by atoms with E-state index in [9.17, 15) is 0 Å². The van der Waals surface area contributed by atoms with E-state index in [-0.39, 0.29) is 6.10 Å². The maximum atomic E-state index is 5.54. The Morgan fingerprint density at radius 2 is 2.31 bits per heavy atom. The smallest absolute Gasteiger partial charge is 0.242 e. The molecule has 0 unspecified atom stereocenters. The number of ether oxygens (including phenoxy) is 1. The van der Waals surface area contributed by atoms with Crippen molar-refractivity contribution in [2.75, 3.05) is 18.5 Å². The van der Waals surface area contributed by atoms with Gasteiger partial charge >= 0.3 is 0 Å². The van der Waals surface area contributed by atoms with Crippen LogP contribution in [0.15, 0.2) is 0 Å². The molecule has 1 aromatic heterocycles. The molecular weight excluding hydrogens is 204 g/mol. The molecule has 1 aromatic rings. The molecule has 5 nitrogen and oxygen atoms in total. The van der Waals surface area contributed by atoms with Crippen LogP contribution in [0.3, 0.4) is 0 Å². The molecule has 1 aliphatic heterocycles. The molecule has 16 heavy (non-hydrogen) atoms. The standard InChI is InChI=1S/C11H18N4O/c1-2-9(16-7-1)10-13-11(15-14-10)12-6-5-8-3-4-8/h8-9H,1-7H2,(H2,12,13,14,15)/t9-/m0/s1. The third kappa shape index (κ3) is 2.35. The van der Waals surface area contributed by atoms with Crippen LogP contribution >= 0.6 is 0 Å². The minimum Gasteiger partial charge on any atom is -0.370 e. The van der Waals surface area contributed by atoms with Crippen molar-refractivity contribution in [2.24, 2.45) is 5.92 Å². The Morgan fingerprint density at radius 1 is 1.38 bits per heavy atom. The molecule has 0 aromatic carbocycles. The Hall–Kier alpha value is -1.10. The zero-order chi connectivity index (χ0) is 10.8. The SMILES string of the molecule is C1CO[C@H](c2nc(NCCC3CC3)n[nH]2)C1. The van der Waals surface area contributed by atoms with E-state index in [1.807, 2.05) is 0 Å². The lowest BCUT2D eigenvalue weighted by atomic mass is 10.2. The summed E-state index contributed by atoms with van der Waals surface area (Å²) in [5.74, 6) is 2.53. The van der Waals surface area contributed by atoms with Crippen molar-refractivity contribution in [1.29, 1.82) is 0 Å². The number of rotatable bonds is 5. The summed E-state index contributed by atoms with van der Waals surface area (Å²) in [6.45, 7) is 1.82. The van der Waals surface area contributed by atoms with Gasteiger partial charge in [-0.15, -0.1) is 5.10 Å². The average molecular weight is 222 g/mol. The van der Waals surface area contributed by atoms with Crippen LogP contribution in [-0.2, 0) is 4.74 Å².